The normalized spacial score (nSPS) is 19.1. The number of carbonyl (C=O) groups is 2. The molecule has 96 valence electrons. The van der Waals surface area contributed by atoms with Crippen molar-refractivity contribution in [2.45, 2.75) is 19.5 Å². The van der Waals surface area contributed by atoms with Crippen molar-refractivity contribution in [1.82, 2.24) is 4.90 Å². The Kier molecular flexibility index (Phi) is 3.91. The predicted octanol–water partition coefficient (Wildman–Crippen LogP) is 2.32. The Morgan fingerprint density at radius 3 is 2.67 bits per heavy atom. The lowest BCUT2D eigenvalue weighted by Gasteiger charge is -2.21. The molecule has 1 saturated heterocycles. The predicted molar refractivity (Wildman–Crippen MR) is 70.9 cm³/mol. The van der Waals surface area contributed by atoms with Gasteiger partial charge in [0.25, 0.3) is 5.24 Å². The molecule has 0 unspecified atom stereocenters. The lowest BCUT2D eigenvalue weighted by atomic mass is 10.1. The molecule has 0 radical (unpaired) electrons. The molecule has 1 fully saturated rings. The number of nitrogens with zero attached hydrogens (tertiary/aromatic N) is 1. The number of rotatable bonds is 4. The molecular weight excluding hydrogens is 250 g/mol. The molecule has 2 rings (SSSR count). The first-order valence-corrected chi connectivity index (χ1v) is 6.67. The van der Waals surface area contributed by atoms with Crippen molar-refractivity contribution >= 4 is 22.8 Å². The molecule has 1 atom stereocenters. The molecule has 1 aliphatic heterocycles. The molecule has 0 saturated carbocycles. The summed E-state index contributed by atoms with van der Waals surface area (Å²) in [7, 11) is 1.61. The van der Waals surface area contributed by atoms with Crippen LogP contribution in [0.3, 0.4) is 0 Å². The fourth-order valence-corrected chi connectivity index (χ4v) is 2.96. The molecule has 1 aromatic rings. The van der Waals surface area contributed by atoms with E-state index < -0.39 is 0 Å². The van der Waals surface area contributed by atoms with E-state index in [1.54, 1.807) is 12.0 Å². The van der Waals surface area contributed by atoms with Gasteiger partial charge in [-0.1, -0.05) is 23.9 Å². The maximum atomic E-state index is 11.7. The van der Waals surface area contributed by atoms with E-state index >= 15 is 0 Å². The first-order valence-electron chi connectivity index (χ1n) is 5.68. The highest BCUT2D eigenvalue weighted by atomic mass is 32.2. The first-order chi connectivity index (χ1) is 8.61. The lowest BCUT2D eigenvalue weighted by molar-refractivity contribution is -0.120. The zero-order valence-corrected chi connectivity index (χ0v) is 11.2. The van der Waals surface area contributed by atoms with Crippen molar-refractivity contribution in [2.24, 2.45) is 0 Å². The lowest BCUT2D eigenvalue weighted by Crippen LogP contribution is -2.37. The number of hydrogen-bond acceptors (Lipinski definition) is 4. The second kappa shape index (κ2) is 5.44. The van der Waals surface area contributed by atoms with Gasteiger partial charge in [0, 0.05) is 12.3 Å². The third kappa shape index (κ3) is 2.67. The Bertz CT molecular complexity index is 458. The summed E-state index contributed by atoms with van der Waals surface area (Å²) < 4.78 is 5.08. The minimum absolute atomic E-state index is 0.0222. The third-order valence-electron chi connectivity index (χ3n) is 2.96. The Morgan fingerprint density at radius 1 is 1.44 bits per heavy atom. The molecule has 1 aliphatic rings. The number of thioether (sulfide) groups is 1. The Hall–Kier alpha value is -1.49. The van der Waals surface area contributed by atoms with E-state index in [9.17, 15) is 9.59 Å². The van der Waals surface area contributed by atoms with Crippen LogP contribution in [0.2, 0.25) is 0 Å². The van der Waals surface area contributed by atoms with Gasteiger partial charge < -0.3 is 9.64 Å². The van der Waals surface area contributed by atoms with Gasteiger partial charge in [0.1, 0.15) is 11.8 Å². The highest BCUT2D eigenvalue weighted by molar-refractivity contribution is 8.13. The molecule has 1 heterocycles. The summed E-state index contributed by atoms with van der Waals surface area (Å²) in [5, 5.41) is -0.0222. The summed E-state index contributed by atoms with van der Waals surface area (Å²) in [6.07, 6.45) is 0. The van der Waals surface area contributed by atoms with Gasteiger partial charge in [-0.2, -0.15) is 0 Å². The molecule has 1 aromatic carbocycles. The maximum absolute atomic E-state index is 11.7. The summed E-state index contributed by atoms with van der Waals surface area (Å²) in [6, 6.07) is 7.24. The molecule has 0 bridgehead atoms. The molecule has 0 aromatic heterocycles. The van der Waals surface area contributed by atoms with Gasteiger partial charge in [0.2, 0.25) is 0 Å². The zero-order chi connectivity index (χ0) is 13.1. The van der Waals surface area contributed by atoms with Crippen LogP contribution in [-0.4, -0.2) is 34.8 Å². The van der Waals surface area contributed by atoms with Gasteiger partial charge in [-0.15, -0.1) is 0 Å². The standard InChI is InChI=1S/C13H15NO3S/c1-9(15)12-8-18-13(16)14(12)7-10-3-5-11(17-2)6-4-10/h3-6,12H,7-8H2,1-2H3/t12-/m1/s1. The third-order valence-corrected chi connectivity index (χ3v) is 3.92. The number of amides is 1. The summed E-state index contributed by atoms with van der Waals surface area (Å²) in [5.74, 6) is 1.38. The Labute approximate surface area is 110 Å². The molecule has 0 N–H and O–H groups in total. The van der Waals surface area contributed by atoms with Gasteiger partial charge in [-0.05, 0) is 24.6 Å². The van der Waals surface area contributed by atoms with Gasteiger partial charge >= 0.3 is 0 Å². The number of ketones is 1. The van der Waals surface area contributed by atoms with Crippen LogP contribution in [0.25, 0.3) is 0 Å². The van der Waals surface area contributed by atoms with Crippen LogP contribution in [0, 0.1) is 0 Å². The minimum Gasteiger partial charge on any atom is -0.497 e. The second-order valence-electron chi connectivity index (χ2n) is 4.18. The van der Waals surface area contributed by atoms with E-state index in [2.05, 4.69) is 0 Å². The van der Waals surface area contributed by atoms with E-state index in [4.69, 9.17) is 4.74 Å². The topological polar surface area (TPSA) is 46.6 Å². The van der Waals surface area contributed by atoms with Crippen LogP contribution in [0.4, 0.5) is 4.79 Å². The van der Waals surface area contributed by atoms with Crippen molar-refractivity contribution < 1.29 is 14.3 Å². The first kappa shape index (κ1) is 13.0. The average Bonchev–Trinajstić information content (AvgIpc) is 2.72. The zero-order valence-electron chi connectivity index (χ0n) is 10.4. The van der Waals surface area contributed by atoms with Crippen LogP contribution >= 0.6 is 11.8 Å². The minimum atomic E-state index is -0.287. The molecule has 0 spiro atoms. The molecule has 18 heavy (non-hydrogen) atoms. The van der Waals surface area contributed by atoms with E-state index in [0.717, 1.165) is 11.3 Å². The number of Topliss-reactive ketones (excluding diaryl/α,β-unsaturated/α-hetero) is 1. The molecule has 1 amide bonds. The van der Waals surface area contributed by atoms with Gasteiger partial charge in [0.15, 0.2) is 5.78 Å². The average molecular weight is 265 g/mol. The quantitative estimate of drug-likeness (QED) is 0.838. The van der Waals surface area contributed by atoms with Crippen LogP contribution < -0.4 is 4.74 Å². The van der Waals surface area contributed by atoms with E-state index in [0.29, 0.717) is 12.3 Å². The monoisotopic (exact) mass is 265 g/mol. The van der Waals surface area contributed by atoms with E-state index in [1.165, 1.54) is 18.7 Å². The highest BCUT2D eigenvalue weighted by Gasteiger charge is 2.34. The number of ether oxygens (including phenoxy) is 1. The number of hydrogen-bond donors (Lipinski definition) is 0. The number of benzene rings is 1. The second-order valence-corrected chi connectivity index (χ2v) is 5.15. The maximum Gasteiger partial charge on any atom is 0.282 e. The fraction of sp³-hybridized carbons (Fsp3) is 0.385. The smallest absolute Gasteiger partial charge is 0.282 e. The van der Waals surface area contributed by atoms with E-state index in [-0.39, 0.29) is 17.1 Å². The van der Waals surface area contributed by atoms with Crippen molar-refractivity contribution in [3.8, 4) is 5.75 Å². The molecule has 0 aliphatic carbocycles. The van der Waals surface area contributed by atoms with Crippen molar-refractivity contribution in [2.75, 3.05) is 12.9 Å². The summed E-state index contributed by atoms with van der Waals surface area (Å²) in [5.41, 5.74) is 0.998. The van der Waals surface area contributed by atoms with Gasteiger partial charge in [-0.3, -0.25) is 9.59 Å². The molecular formula is C13H15NO3S. The van der Waals surface area contributed by atoms with Crippen LogP contribution in [0.1, 0.15) is 12.5 Å². The molecule has 5 heteroatoms. The highest BCUT2D eigenvalue weighted by Crippen LogP contribution is 2.26. The summed E-state index contributed by atoms with van der Waals surface area (Å²) in [6.45, 7) is 2.00. The SMILES string of the molecule is COc1ccc(CN2C(=O)SC[C@@H]2C(C)=O)cc1. The van der Waals surface area contributed by atoms with Crippen LogP contribution in [-0.2, 0) is 11.3 Å². The van der Waals surface area contributed by atoms with Gasteiger partial charge in [0.05, 0.1) is 7.11 Å². The van der Waals surface area contributed by atoms with E-state index in [1.807, 2.05) is 24.3 Å². The van der Waals surface area contributed by atoms with Crippen LogP contribution in [0.5, 0.6) is 5.75 Å². The Balaban J connectivity index is 2.11. The summed E-state index contributed by atoms with van der Waals surface area (Å²) in [4.78, 5) is 24.8. The largest absolute Gasteiger partial charge is 0.497 e. The van der Waals surface area contributed by atoms with Crippen LogP contribution in [0.15, 0.2) is 24.3 Å². The fourth-order valence-electron chi connectivity index (χ4n) is 1.89. The van der Waals surface area contributed by atoms with Crippen molar-refractivity contribution in [3.05, 3.63) is 29.8 Å². The number of methoxy groups -OCH3 is 1. The van der Waals surface area contributed by atoms with Crippen molar-refractivity contribution in [3.63, 3.8) is 0 Å². The summed E-state index contributed by atoms with van der Waals surface area (Å²) >= 11 is 1.21. The molecule has 4 nitrogen and oxygen atoms in total. The number of carbonyl (C=O) groups excluding carboxylic acids is 2. The van der Waals surface area contributed by atoms with Gasteiger partial charge in [-0.25, -0.2) is 0 Å². The van der Waals surface area contributed by atoms with Crippen molar-refractivity contribution in [1.29, 1.82) is 0 Å². The Morgan fingerprint density at radius 2 is 2.11 bits per heavy atom.